The van der Waals surface area contributed by atoms with E-state index in [0.717, 1.165) is 38.9 Å². The van der Waals surface area contributed by atoms with Crippen LogP contribution in [-0.4, -0.2) is 67.8 Å². The Morgan fingerprint density at radius 2 is 1.66 bits per heavy atom. The second-order valence-corrected chi connectivity index (χ2v) is 8.05. The van der Waals surface area contributed by atoms with Gasteiger partial charge in [0.25, 0.3) is 10.9 Å². The highest BCUT2D eigenvalue weighted by molar-refractivity contribution is 5.74. The Labute approximate surface area is 172 Å². The fourth-order valence-electron chi connectivity index (χ4n) is 4.20. The molecule has 3 rings (SSSR count). The Kier molecular flexibility index (Phi) is 7.91. The maximum Gasteiger partial charge on any atom is 0.409 e. The lowest BCUT2D eigenvalue weighted by molar-refractivity contribution is 0.0983. The van der Waals surface area contributed by atoms with Gasteiger partial charge in [-0.05, 0) is 58.7 Å². The summed E-state index contributed by atoms with van der Waals surface area (Å²) in [6.45, 7) is 7.38. The van der Waals surface area contributed by atoms with Crippen molar-refractivity contribution in [3.05, 3.63) is 20.4 Å². The number of hydrogen-bond donors (Lipinski definition) is 2. The highest BCUT2D eigenvalue weighted by atomic mass is 16.6. The maximum atomic E-state index is 12.0. The largest absolute Gasteiger partial charge is 0.450 e. The quantitative estimate of drug-likeness (QED) is 0.504. The number of nitrogens with one attached hydrogen (secondary N) is 2. The molecule has 0 bridgehead atoms. The second kappa shape index (κ2) is 10.6. The van der Waals surface area contributed by atoms with Crippen molar-refractivity contribution < 1.29 is 9.53 Å². The smallest absolute Gasteiger partial charge is 0.409 e. The number of piperidine rings is 1. The predicted octanol–water partition coefficient (Wildman–Crippen LogP) is 1.99. The first-order chi connectivity index (χ1) is 14.1. The van der Waals surface area contributed by atoms with Crippen LogP contribution < -0.4 is 21.5 Å². The Balaban J connectivity index is 1.42. The van der Waals surface area contributed by atoms with Crippen LogP contribution in [0.2, 0.25) is 0 Å². The first-order valence-corrected chi connectivity index (χ1v) is 11.1. The van der Waals surface area contributed by atoms with Crippen LogP contribution in [0.25, 0.3) is 0 Å². The third-order valence-electron chi connectivity index (χ3n) is 5.93. The lowest BCUT2D eigenvalue weighted by atomic mass is 10.0. The monoisotopic (exact) mass is 406 g/mol. The zero-order chi connectivity index (χ0) is 20.6. The van der Waals surface area contributed by atoms with Crippen LogP contribution in [0.3, 0.4) is 0 Å². The summed E-state index contributed by atoms with van der Waals surface area (Å²) >= 11 is 0. The van der Waals surface area contributed by atoms with E-state index in [1.54, 1.807) is 11.8 Å². The van der Waals surface area contributed by atoms with Crippen LogP contribution in [0.15, 0.2) is 9.59 Å². The van der Waals surface area contributed by atoms with E-state index in [4.69, 9.17) is 4.74 Å². The minimum absolute atomic E-state index is 0.0848. The number of nitrogens with zero attached hydrogens (tertiary/aromatic N) is 2. The average molecular weight is 407 g/mol. The molecule has 2 aliphatic heterocycles. The van der Waals surface area contributed by atoms with Gasteiger partial charge < -0.3 is 25.2 Å². The molecule has 0 aliphatic carbocycles. The highest BCUT2D eigenvalue weighted by Gasteiger charge is 2.27. The van der Waals surface area contributed by atoms with Crippen LogP contribution in [-0.2, 0) is 4.74 Å². The summed E-state index contributed by atoms with van der Waals surface area (Å²) in [5, 5.41) is 6.41. The van der Waals surface area contributed by atoms with E-state index < -0.39 is 10.9 Å². The fraction of sp³-hybridized carbons (Fsp3) is 0.762. The SMILES string of the molecule is CCOC(=O)N1CCC(Nc2c(NCCCN3CCCCCC3)c(=O)c2=O)CC1. The zero-order valence-electron chi connectivity index (χ0n) is 17.5. The Bertz CT molecular complexity index is 727. The Morgan fingerprint density at radius 1 is 1.00 bits per heavy atom. The maximum absolute atomic E-state index is 12.0. The summed E-state index contributed by atoms with van der Waals surface area (Å²) in [6, 6.07) is 0.0848. The summed E-state index contributed by atoms with van der Waals surface area (Å²) < 4.78 is 5.03. The molecule has 1 amide bonds. The molecule has 1 aromatic rings. The number of likely N-dealkylation sites (tertiary alicyclic amines) is 2. The highest BCUT2D eigenvalue weighted by Crippen LogP contribution is 2.20. The molecule has 2 saturated heterocycles. The van der Waals surface area contributed by atoms with Crippen molar-refractivity contribution in [2.75, 3.05) is 56.5 Å². The van der Waals surface area contributed by atoms with Crippen LogP contribution in [0.1, 0.15) is 51.9 Å². The molecule has 2 N–H and O–H groups in total. The number of carbonyl (C=O) groups excluding carboxylic acids is 1. The number of amides is 1. The van der Waals surface area contributed by atoms with E-state index in [2.05, 4.69) is 15.5 Å². The van der Waals surface area contributed by atoms with Crippen LogP contribution in [0.4, 0.5) is 16.2 Å². The normalized spacial score (nSPS) is 19.1. The van der Waals surface area contributed by atoms with Crippen molar-refractivity contribution in [1.82, 2.24) is 9.80 Å². The van der Waals surface area contributed by atoms with E-state index in [-0.39, 0.29) is 12.1 Å². The predicted molar refractivity (Wildman–Crippen MR) is 115 cm³/mol. The molecule has 0 saturated carbocycles. The molecule has 0 atom stereocenters. The number of ether oxygens (including phenoxy) is 1. The van der Waals surface area contributed by atoms with E-state index >= 15 is 0 Å². The van der Waals surface area contributed by atoms with Crippen molar-refractivity contribution in [2.24, 2.45) is 0 Å². The van der Waals surface area contributed by atoms with Gasteiger partial charge in [-0.15, -0.1) is 0 Å². The van der Waals surface area contributed by atoms with Crippen molar-refractivity contribution in [3.63, 3.8) is 0 Å². The molecule has 29 heavy (non-hydrogen) atoms. The van der Waals surface area contributed by atoms with E-state index in [1.807, 2.05) is 0 Å². The summed E-state index contributed by atoms with van der Waals surface area (Å²) in [7, 11) is 0. The van der Waals surface area contributed by atoms with Gasteiger partial charge in [0.1, 0.15) is 11.4 Å². The molecule has 8 heteroatoms. The molecule has 0 aromatic heterocycles. The van der Waals surface area contributed by atoms with Gasteiger partial charge in [0.15, 0.2) is 0 Å². The van der Waals surface area contributed by atoms with Crippen LogP contribution in [0, 0.1) is 0 Å². The molecule has 0 radical (unpaired) electrons. The summed E-state index contributed by atoms with van der Waals surface area (Å²) in [5.74, 6) is 0. The molecule has 0 unspecified atom stereocenters. The van der Waals surface area contributed by atoms with Gasteiger partial charge in [-0.2, -0.15) is 0 Å². The molecule has 0 spiro atoms. The average Bonchev–Trinajstić information content (AvgIpc) is 3.01. The molecular formula is C21H34N4O4. The molecule has 2 aliphatic rings. The van der Waals surface area contributed by atoms with Gasteiger partial charge in [-0.1, -0.05) is 12.8 Å². The molecule has 8 nitrogen and oxygen atoms in total. The first kappa shape index (κ1) is 21.6. The van der Waals surface area contributed by atoms with E-state index in [1.165, 1.54) is 25.7 Å². The summed E-state index contributed by atoms with van der Waals surface area (Å²) in [6.07, 6.45) is 7.32. The van der Waals surface area contributed by atoms with Crippen molar-refractivity contribution in [1.29, 1.82) is 0 Å². The molecule has 162 valence electrons. The minimum Gasteiger partial charge on any atom is -0.450 e. The summed E-state index contributed by atoms with van der Waals surface area (Å²) in [5.41, 5.74) is -0.0166. The van der Waals surface area contributed by atoms with Gasteiger partial charge in [0.2, 0.25) is 0 Å². The topological polar surface area (TPSA) is 91.0 Å². The third kappa shape index (κ3) is 5.72. The standard InChI is InChI=1S/C21H34N4O4/c1-2-29-21(28)25-14-8-16(9-15-25)23-18-17(19(26)20(18)27)22-10-7-13-24-11-5-3-4-6-12-24/h16,22-23H,2-15H2,1H3. The van der Waals surface area contributed by atoms with Gasteiger partial charge in [-0.3, -0.25) is 9.59 Å². The second-order valence-electron chi connectivity index (χ2n) is 8.05. The zero-order valence-corrected chi connectivity index (χ0v) is 17.5. The van der Waals surface area contributed by atoms with Gasteiger partial charge in [-0.25, -0.2) is 4.79 Å². The van der Waals surface area contributed by atoms with Crippen molar-refractivity contribution in [2.45, 2.75) is 57.9 Å². The third-order valence-corrected chi connectivity index (χ3v) is 5.93. The van der Waals surface area contributed by atoms with Crippen LogP contribution in [0.5, 0.6) is 0 Å². The van der Waals surface area contributed by atoms with Gasteiger partial charge >= 0.3 is 6.09 Å². The number of hydrogen-bond acceptors (Lipinski definition) is 7. The lowest BCUT2D eigenvalue weighted by Crippen LogP contribution is -2.45. The van der Waals surface area contributed by atoms with Crippen molar-refractivity contribution in [3.8, 4) is 0 Å². The summed E-state index contributed by atoms with van der Waals surface area (Å²) in [4.78, 5) is 40.0. The number of rotatable bonds is 8. The van der Waals surface area contributed by atoms with Crippen LogP contribution >= 0.6 is 0 Å². The van der Waals surface area contributed by atoms with Gasteiger partial charge in [0.05, 0.1) is 6.61 Å². The molecule has 2 fully saturated rings. The minimum atomic E-state index is -0.437. The number of carbonyl (C=O) groups is 1. The lowest BCUT2D eigenvalue weighted by Gasteiger charge is -2.32. The van der Waals surface area contributed by atoms with E-state index in [9.17, 15) is 14.4 Å². The van der Waals surface area contributed by atoms with Crippen molar-refractivity contribution >= 4 is 17.5 Å². The first-order valence-electron chi connectivity index (χ1n) is 11.1. The fourth-order valence-corrected chi connectivity index (χ4v) is 4.20. The van der Waals surface area contributed by atoms with Gasteiger partial charge in [0, 0.05) is 25.7 Å². The Morgan fingerprint density at radius 3 is 2.31 bits per heavy atom. The molecular weight excluding hydrogens is 372 g/mol. The molecule has 2 heterocycles. The number of anilines is 2. The molecule has 1 aromatic carbocycles. The van der Waals surface area contributed by atoms with E-state index in [0.29, 0.717) is 37.6 Å². The Hall–Kier alpha value is -2.09.